The van der Waals surface area contributed by atoms with Crippen molar-refractivity contribution >= 4 is 34.8 Å². The molecule has 3 rings (SSSR count). The summed E-state index contributed by atoms with van der Waals surface area (Å²) in [4.78, 5) is 36.2. The smallest absolute Gasteiger partial charge is 0.328 e. The number of aldehydes is 1. The SMILES string of the molecule is CC(C)n1ccc2c(N3CCC(=O)NC3=O)cc(C=O)cc21. The topological polar surface area (TPSA) is 71.4 Å². The molecular weight excluding hydrogens is 282 g/mol. The minimum Gasteiger partial charge on any atom is -0.345 e. The Morgan fingerprint density at radius 3 is 2.68 bits per heavy atom. The zero-order valence-corrected chi connectivity index (χ0v) is 12.5. The summed E-state index contributed by atoms with van der Waals surface area (Å²) in [7, 11) is 0. The van der Waals surface area contributed by atoms with Crippen LogP contribution in [0.15, 0.2) is 24.4 Å². The fourth-order valence-corrected chi connectivity index (χ4v) is 2.80. The van der Waals surface area contributed by atoms with Crippen LogP contribution in [0.3, 0.4) is 0 Å². The Labute approximate surface area is 127 Å². The summed E-state index contributed by atoms with van der Waals surface area (Å²) in [5.74, 6) is -0.274. The van der Waals surface area contributed by atoms with E-state index in [4.69, 9.17) is 0 Å². The number of rotatable bonds is 3. The van der Waals surface area contributed by atoms with Gasteiger partial charge >= 0.3 is 6.03 Å². The minimum absolute atomic E-state index is 0.240. The van der Waals surface area contributed by atoms with Crippen LogP contribution in [-0.2, 0) is 4.79 Å². The lowest BCUT2D eigenvalue weighted by atomic mass is 10.1. The number of carbonyl (C=O) groups excluding carboxylic acids is 3. The summed E-state index contributed by atoms with van der Waals surface area (Å²) < 4.78 is 2.05. The van der Waals surface area contributed by atoms with Crippen molar-refractivity contribution in [1.29, 1.82) is 0 Å². The van der Waals surface area contributed by atoms with Gasteiger partial charge in [0.25, 0.3) is 0 Å². The molecule has 2 aromatic rings. The highest BCUT2D eigenvalue weighted by molar-refractivity contribution is 6.10. The van der Waals surface area contributed by atoms with Gasteiger partial charge in [0.2, 0.25) is 5.91 Å². The van der Waals surface area contributed by atoms with E-state index in [1.165, 1.54) is 4.90 Å². The molecule has 1 saturated heterocycles. The van der Waals surface area contributed by atoms with Gasteiger partial charge in [-0.25, -0.2) is 4.79 Å². The number of nitrogens with one attached hydrogen (secondary N) is 1. The van der Waals surface area contributed by atoms with E-state index < -0.39 is 6.03 Å². The van der Waals surface area contributed by atoms with E-state index in [9.17, 15) is 14.4 Å². The van der Waals surface area contributed by atoms with E-state index in [0.717, 1.165) is 17.2 Å². The summed E-state index contributed by atoms with van der Waals surface area (Å²) in [6, 6.07) is 5.24. The molecule has 2 heterocycles. The first-order valence-electron chi connectivity index (χ1n) is 7.22. The molecule has 0 spiro atoms. The third-order valence-corrected chi connectivity index (χ3v) is 3.88. The zero-order valence-electron chi connectivity index (χ0n) is 12.5. The van der Waals surface area contributed by atoms with Crippen molar-refractivity contribution in [1.82, 2.24) is 9.88 Å². The predicted molar refractivity (Wildman–Crippen MR) is 83.2 cm³/mol. The molecule has 0 bridgehead atoms. The third kappa shape index (κ3) is 2.26. The Bertz CT molecular complexity index is 776. The molecular formula is C16H17N3O3. The van der Waals surface area contributed by atoms with E-state index in [-0.39, 0.29) is 18.4 Å². The van der Waals surface area contributed by atoms with Crippen LogP contribution in [0.25, 0.3) is 10.9 Å². The molecule has 6 heteroatoms. The van der Waals surface area contributed by atoms with Crippen LogP contribution in [0, 0.1) is 0 Å². The van der Waals surface area contributed by atoms with Gasteiger partial charge in [-0.2, -0.15) is 0 Å². The second-order valence-electron chi connectivity index (χ2n) is 5.66. The van der Waals surface area contributed by atoms with Gasteiger partial charge in [-0.15, -0.1) is 0 Å². The van der Waals surface area contributed by atoms with Crippen LogP contribution in [0.1, 0.15) is 36.7 Å². The molecule has 114 valence electrons. The number of amides is 3. The summed E-state index contributed by atoms with van der Waals surface area (Å²) in [6.45, 7) is 4.42. The molecule has 22 heavy (non-hydrogen) atoms. The molecule has 3 amide bonds. The van der Waals surface area contributed by atoms with Gasteiger partial charge in [0.15, 0.2) is 0 Å². The molecule has 1 N–H and O–H groups in total. The first-order chi connectivity index (χ1) is 10.5. The molecule has 1 aliphatic rings. The Morgan fingerprint density at radius 1 is 1.27 bits per heavy atom. The molecule has 6 nitrogen and oxygen atoms in total. The fraction of sp³-hybridized carbons (Fsp3) is 0.312. The Balaban J connectivity index is 2.18. The largest absolute Gasteiger partial charge is 0.345 e. The Kier molecular flexibility index (Phi) is 3.44. The molecule has 0 aliphatic carbocycles. The van der Waals surface area contributed by atoms with Gasteiger partial charge in [-0.1, -0.05) is 0 Å². The lowest BCUT2D eigenvalue weighted by Crippen LogP contribution is -2.49. The van der Waals surface area contributed by atoms with Crippen LogP contribution in [0.4, 0.5) is 10.5 Å². The van der Waals surface area contributed by atoms with Gasteiger partial charge in [0.1, 0.15) is 6.29 Å². The minimum atomic E-state index is -0.446. The summed E-state index contributed by atoms with van der Waals surface area (Å²) in [6.07, 6.45) is 2.97. The number of nitrogens with zero attached hydrogens (tertiary/aromatic N) is 2. The highest BCUT2D eigenvalue weighted by Crippen LogP contribution is 2.32. The summed E-state index contributed by atoms with van der Waals surface area (Å²) >= 11 is 0. The monoisotopic (exact) mass is 299 g/mol. The van der Waals surface area contributed by atoms with E-state index in [1.54, 1.807) is 6.07 Å². The number of imide groups is 1. The van der Waals surface area contributed by atoms with Crippen molar-refractivity contribution in [3.63, 3.8) is 0 Å². The van der Waals surface area contributed by atoms with Crippen molar-refractivity contribution in [3.8, 4) is 0 Å². The number of carbonyl (C=O) groups is 3. The first kappa shape index (κ1) is 14.3. The number of aromatic nitrogens is 1. The van der Waals surface area contributed by atoms with Crippen molar-refractivity contribution in [2.24, 2.45) is 0 Å². The second-order valence-corrected chi connectivity index (χ2v) is 5.66. The number of hydrogen-bond donors (Lipinski definition) is 1. The van der Waals surface area contributed by atoms with E-state index in [1.807, 2.05) is 18.3 Å². The summed E-state index contributed by atoms with van der Waals surface area (Å²) in [5.41, 5.74) is 2.07. The lowest BCUT2D eigenvalue weighted by Gasteiger charge is -2.27. The highest BCUT2D eigenvalue weighted by Gasteiger charge is 2.26. The van der Waals surface area contributed by atoms with E-state index >= 15 is 0 Å². The van der Waals surface area contributed by atoms with Crippen molar-refractivity contribution in [2.45, 2.75) is 26.3 Å². The van der Waals surface area contributed by atoms with Crippen molar-refractivity contribution < 1.29 is 14.4 Å². The molecule has 0 atom stereocenters. The third-order valence-electron chi connectivity index (χ3n) is 3.88. The molecule has 0 unspecified atom stereocenters. The fourth-order valence-electron chi connectivity index (χ4n) is 2.80. The maximum Gasteiger partial charge on any atom is 0.328 e. The van der Waals surface area contributed by atoms with Gasteiger partial charge in [-0.3, -0.25) is 19.8 Å². The zero-order chi connectivity index (χ0) is 15.9. The number of anilines is 1. The second kappa shape index (κ2) is 5.29. The highest BCUT2D eigenvalue weighted by atomic mass is 16.2. The van der Waals surface area contributed by atoms with Crippen LogP contribution in [-0.4, -0.2) is 29.3 Å². The normalized spacial score (nSPS) is 15.5. The molecule has 1 aliphatic heterocycles. The van der Waals surface area contributed by atoms with Gasteiger partial charge in [0, 0.05) is 36.2 Å². The lowest BCUT2D eigenvalue weighted by molar-refractivity contribution is -0.120. The Morgan fingerprint density at radius 2 is 2.05 bits per heavy atom. The van der Waals surface area contributed by atoms with Crippen molar-refractivity contribution in [2.75, 3.05) is 11.4 Å². The van der Waals surface area contributed by atoms with Crippen LogP contribution >= 0.6 is 0 Å². The van der Waals surface area contributed by atoms with E-state index in [0.29, 0.717) is 17.8 Å². The standard InChI is InChI=1S/C16H17N3O3/c1-10(2)18-5-3-12-13(18)7-11(9-20)8-14(12)19-6-4-15(21)17-16(19)22/h3,5,7-10H,4,6H2,1-2H3,(H,17,21,22). The van der Waals surface area contributed by atoms with Crippen LogP contribution in [0.5, 0.6) is 0 Å². The van der Waals surface area contributed by atoms with Crippen LogP contribution < -0.4 is 10.2 Å². The van der Waals surface area contributed by atoms with Crippen molar-refractivity contribution in [3.05, 3.63) is 30.0 Å². The molecule has 0 saturated carbocycles. The average Bonchev–Trinajstić information content (AvgIpc) is 2.90. The number of benzene rings is 1. The molecule has 0 radical (unpaired) electrons. The van der Waals surface area contributed by atoms with Gasteiger partial charge < -0.3 is 4.57 Å². The first-order valence-corrected chi connectivity index (χ1v) is 7.22. The maximum absolute atomic E-state index is 12.1. The molecule has 1 aromatic heterocycles. The average molecular weight is 299 g/mol. The molecule has 1 fully saturated rings. The van der Waals surface area contributed by atoms with Crippen LogP contribution in [0.2, 0.25) is 0 Å². The van der Waals surface area contributed by atoms with Gasteiger partial charge in [-0.05, 0) is 32.0 Å². The Hall–Kier alpha value is -2.63. The van der Waals surface area contributed by atoms with Gasteiger partial charge in [0.05, 0.1) is 11.2 Å². The summed E-state index contributed by atoms with van der Waals surface area (Å²) in [5, 5.41) is 3.20. The quantitative estimate of drug-likeness (QED) is 0.885. The van der Waals surface area contributed by atoms with E-state index in [2.05, 4.69) is 23.7 Å². The number of fused-ring (bicyclic) bond motifs is 1. The maximum atomic E-state index is 12.1. The molecule has 1 aromatic carbocycles. The number of urea groups is 1. The predicted octanol–water partition coefficient (Wildman–Crippen LogP) is 2.48. The number of hydrogen-bond acceptors (Lipinski definition) is 3.